The lowest BCUT2D eigenvalue weighted by atomic mass is 9.85. The lowest BCUT2D eigenvalue weighted by Gasteiger charge is -2.33. The van der Waals surface area contributed by atoms with Gasteiger partial charge < -0.3 is 20.9 Å². The van der Waals surface area contributed by atoms with E-state index < -0.39 is 47.8 Å². The fourth-order valence-corrected chi connectivity index (χ4v) is 2.90. The molecule has 1 aromatic carbocycles. The number of aliphatic hydroxyl groups excluding tert-OH is 1. The summed E-state index contributed by atoms with van der Waals surface area (Å²) < 4.78 is 73.9. The summed E-state index contributed by atoms with van der Waals surface area (Å²) in [6, 6.07) is 3.18. The summed E-state index contributed by atoms with van der Waals surface area (Å²) in [5, 5.41) is 12.7. The van der Waals surface area contributed by atoms with Gasteiger partial charge in [0.25, 0.3) is 12.3 Å². The Labute approximate surface area is 167 Å². The number of benzene rings is 1. The fraction of sp³-hybridized carbons (Fsp3) is 0.389. The summed E-state index contributed by atoms with van der Waals surface area (Å²) in [5.74, 6) is -4.76. The molecule has 2 atom stereocenters. The van der Waals surface area contributed by atoms with Crippen molar-refractivity contribution in [3.8, 4) is 0 Å². The molecular weight excluding hydrogens is 413 g/mol. The Kier molecular flexibility index (Phi) is 5.90. The second-order valence-corrected chi connectivity index (χ2v) is 6.78. The molecule has 0 fully saturated rings. The van der Waals surface area contributed by atoms with Crippen LogP contribution < -0.4 is 11.1 Å². The summed E-state index contributed by atoms with van der Waals surface area (Å²) in [5.41, 5.74) is 2.13. The molecule has 2 unspecified atom stereocenters. The summed E-state index contributed by atoms with van der Waals surface area (Å²) >= 11 is 0. The van der Waals surface area contributed by atoms with E-state index in [1.807, 2.05) is 0 Å². The average Bonchev–Trinajstić information content (AvgIpc) is 2.78. The molecule has 0 aliphatic carbocycles. The number of halogens is 5. The Morgan fingerprint density at radius 3 is 2.50 bits per heavy atom. The van der Waals surface area contributed by atoms with E-state index in [1.165, 1.54) is 6.07 Å². The number of hydrogen-bond donors (Lipinski definition) is 3. The predicted octanol–water partition coefficient (Wildman–Crippen LogP) is 2.89. The summed E-state index contributed by atoms with van der Waals surface area (Å²) in [7, 11) is 0. The maximum atomic E-state index is 14.7. The Balaban J connectivity index is 1.92. The molecule has 0 spiro atoms. The van der Waals surface area contributed by atoms with Gasteiger partial charge in [-0.2, -0.15) is 0 Å². The molecule has 0 bridgehead atoms. The van der Waals surface area contributed by atoms with Crippen molar-refractivity contribution in [2.24, 2.45) is 10.7 Å². The first-order chi connectivity index (χ1) is 14.0. The van der Waals surface area contributed by atoms with Crippen LogP contribution in [0.4, 0.5) is 27.6 Å². The zero-order valence-corrected chi connectivity index (χ0v) is 15.6. The summed E-state index contributed by atoms with van der Waals surface area (Å²) in [6.45, 7) is -0.308. The highest BCUT2D eigenvalue weighted by Gasteiger charge is 2.54. The van der Waals surface area contributed by atoms with Crippen molar-refractivity contribution in [1.29, 1.82) is 0 Å². The van der Waals surface area contributed by atoms with Crippen LogP contribution in [0.25, 0.3) is 0 Å². The molecule has 1 aromatic heterocycles. The number of nitrogens with one attached hydrogen (secondary N) is 1. The van der Waals surface area contributed by atoms with Gasteiger partial charge in [0, 0.05) is 11.3 Å². The Hall–Kier alpha value is -2.86. The second-order valence-electron chi connectivity index (χ2n) is 6.78. The molecule has 0 radical (unpaired) electrons. The second kappa shape index (κ2) is 8.11. The molecular formula is C18H18F5N5O2. The molecule has 0 saturated carbocycles. The maximum absolute atomic E-state index is 14.7. The van der Waals surface area contributed by atoms with Crippen molar-refractivity contribution in [1.82, 2.24) is 9.97 Å². The van der Waals surface area contributed by atoms with Crippen molar-refractivity contribution in [2.75, 3.05) is 18.5 Å². The van der Waals surface area contributed by atoms with Crippen molar-refractivity contribution >= 4 is 11.5 Å². The van der Waals surface area contributed by atoms with Crippen LogP contribution in [0.15, 0.2) is 35.6 Å². The van der Waals surface area contributed by atoms with E-state index in [-0.39, 0.29) is 23.8 Å². The minimum absolute atomic E-state index is 0.0506. The van der Waals surface area contributed by atoms with Gasteiger partial charge in [0.2, 0.25) is 0 Å². The van der Waals surface area contributed by atoms with Gasteiger partial charge in [-0.05, 0) is 25.1 Å². The molecule has 7 nitrogen and oxygen atoms in total. The van der Waals surface area contributed by atoms with E-state index in [0.29, 0.717) is 0 Å². The summed E-state index contributed by atoms with van der Waals surface area (Å²) in [6.07, 6.45) is -2.62. The van der Waals surface area contributed by atoms with Crippen LogP contribution in [0.3, 0.4) is 0 Å². The third-order valence-corrected chi connectivity index (χ3v) is 4.60. The zero-order valence-electron chi connectivity index (χ0n) is 15.6. The number of rotatable bonds is 5. The van der Waals surface area contributed by atoms with Crippen LogP contribution in [0, 0.1) is 5.82 Å². The highest BCUT2D eigenvalue weighted by Crippen LogP contribution is 2.44. The third kappa shape index (κ3) is 4.19. The molecule has 2 heterocycles. The van der Waals surface area contributed by atoms with E-state index in [1.54, 1.807) is 0 Å². The van der Waals surface area contributed by atoms with Gasteiger partial charge in [-0.1, -0.05) is 0 Å². The number of nitrogens with two attached hydrogens (primary N) is 1. The highest BCUT2D eigenvalue weighted by molar-refractivity contribution is 5.82. The standard InChI is InChI=1S/C18H18F5N5O2/c1-17(18(22,23)8-30-7-14(24)28-17)10-4-9(2-3-11(10)19)27-16(29)13-6-25-12(5-26-13)15(20)21/h2-6,15-16,27,29H,7-8H2,1H3,(H2,24,28). The van der Waals surface area contributed by atoms with Crippen LogP contribution in [0.5, 0.6) is 0 Å². The molecule has 2 aromatic rings. The van der Waals surface area contributed by atoms with Gasteiger partial charge in [0.1, 0.15) is 36.3 Å². The van der Waals surface area contributed by atoms with Gasteiger partial charge in [-0.3, -0.25) is 15.0 Å². The number of nitrogens with zero attached hydrogens (tertiary/aromatic N) is 3. The normalized spacial score (nSPS) is 22.3. The van der Waals surface area contributed by atoms with E-state index in [2.05, 4.69) is 20.3 Å². The number of amidine groups is 1. The minimum Gasteiger partial charge on any atom is -0.385 e. The number of aliphatic imine (C=N–C) groups is 1. The Bertz CT molecular complexity index is 941. The molecule has 0 saturated heterocycles. The molecule has 4 N–H and O–H groups in total. The SMILES string of the molecule is CC1(c2cc(NC(O)c3cnc(C(F)F)cn3)ccc2F)N=C(N)COCC1(F)F. The van der Waals surface area contributed by atoms with Gasteiger partial charge in [0.05, 0.1) is 12.4 Å². The molecule has 162 valence electrons. The lowest BCUT2D eigenvalue weighted by molar-refractivity contribution is -0.116. The van der Waals surface area contributed by atoms with Crippen LogP contribution in [0.2, 0.25) is 0 Å². The minimum atomic E-state index is -3.58. The van der Waals surface area contributed by atoms with Crippen molar-refractivity contribution in [3.63, 3.8) is 0 Å². The maximum Gasteiger partial charge on any atom is 0.299 e. The van der Waals surface area contributed by atoms with E-state index in [4.69, 9.17) is 10.5 Å². The largest absolute Gasteiger partial charge is 0.385 e. The smallest absolute Gasteiger partial charge is 0.299 e. The first-order valence-corrected chi connectivity index (χ1v) is 8.68. The van der Waals surface area contributed by atoms with Crippen LogP contribution in [0.1, 0.15) is 36.5 Å². The first-order valence-electron chi connectivity index (χ1n) is 8.68. The Morgan fingerprint density at radius 2 is 1.87 bits per heavy atom. The quantitative estimate of drug-likeness (QED) is 0.497. The van der Waals surface area contributed by atoms with Crippen molar-refractivity contribution in [3.05, 3.63) is 53.4 Å². The van der Waals surface area contributed by atoms with Gasteiger partial charge >= 0.3 is 0 Å². The van der Waals surface area contributed by atoms with Gasteiger partial charge in [0.15, 0.2) is 11.8 Å². The number of aromatic nitrogens is 2. The van der Waals surface area contributed by atoms with Crippen LogP contribution >= 0.6 is 0 Å². The van der Waals surface area contributed by atoms with Crippen molar-refractivity contribution < 1.29 is 31.8 Å². The average molecular weight is 431 g/mol. The molecule has 1 aliphatic heterocycles. The van der Waals surface area contributed by atoms with Crippen molar-refractivity contribution in [2.45, 2.75) is 31.0 Å². The number of anilines is 1. The van der Waals surface area contributed by atoms with Crippen LogP contribution in [-0.2, 0) is 10.3 Å². The molecule has 3 rings (SSSR count). The number of alkyl halides is 4. The van der Waals surface area contributed by atoms with Crippen LogP contribution in [-0.4, -0.2) is 40.0 Å². The Morgan fingerprint density at radius 1 is 1.20 bits per heavy atom. The first kappa shape index (κ1) is 21.8. The summed E-state index contributed by atoms with van der Waals surface area (Å²) in [4.78, 5) is 11.0. The monoisotopic (exact) mass is 431 g/mol. The topological polar surface area (TPSA) is 106 Å². The third-order valence-electron chi connectivity index (χ3n) is 4.60. The fourth-order valence-electron chi connectivity index (χ4n) is 2.90. The number of hydrogen-bond acceptors (Lipinski definition) is 7. The van der Waals surface area contributed by atoms with E-state index >= 15 is 0 Å². The number of aliphatic hydroxyl groups is 1. The molecule has 30 heavy (non-hydrogen) atoms. The van der Waals surface area contributed by atoms with E-state index in [0.717, 1.165) is 31.5 Å². The number of ether oxygens (including phenoxy) is 1. The predicted molar refractivity (Wildman–Crippen MR) is 96.7 cm³/mol. The van der Waals surface area contributed by atoms with Gasteiger partial charge in [-0.15, -0.1) is 0 Å². The molecule has 0 amide bonds. The zero-order chi connectivity index (χ0) is 22.1. The lowest BCUT2D eigenvalue weighted by Crippen LogP contribution is -2.45. The van der Waals surface area contributed by atoms with Gasteiger partial charge in [-0.25, -0.2) is 22.0 Å². The molecule has 12 heteroatoms. The van der Waals surface area contributed by atoms with E-state index in [9.17, 15) is 27.1 Å². The highest BCUT2D eigenvalue weighted by atomic mass is 19.3. The molecule has 1 aliphatic rings.